The Morgan fingerprint density at radius 3 is 2.89 bits per heavy atom. The van der Waals surface area contributed by atoms with Gasteiger partial charge >= 0.3 is 0 Å². The number of rotatable bonds is 5. The van der Waals surface area contributed by atoms with E-state index in [-0.39, 0.29) is 5.91 Å². The molecule has 0 radical (unpaired) electrons. The molecule has 0 saturated carbocycles. The zero-order chi connectivity index (χ0) is 13.0. The number of nitrogens with one attached hydrogen (secondary N) is 1. The largest absolute Gasteiger partial charge is 0.351 e. The van der Waals surface area contributed by atoms with Crippen molar-refractivity contribution in [1.29, 1.82) is 0 Å². The summed E-state index contributed by atoms with van der Waals surface area (Å²) in [4.78, 5) is 11.7. The maximum absolute atomic E-state index is 11.7. The maximum Gasteiger partial charge on any atom is 0.269 e. The van der Waals surface area contributed by atoms with Crippen LogP contribution in [0.25, 0.3) is 0 Å². The van der Waals surface area contributed by atoms with Gasteiger partial charge in [0, 0.05) is 32.5 Å². The monoisotopic (exact) mass is 247 g/mol. The molecule has 6 heteroatoms. The summed E-state index contributed by atoms with van der Waals surface area (Å²) in [5.74, 6) is -0.0911. The van der Waals surface area contributed by atoms with Crippen LogP contribution in [0.1, 0.15) is 22.6 Å². The first-order chi connectivity index (χ1) is 8.66. The predicted octanol–water partition coefficient (Wildman–Crippen LogP) is 0.745. The first-order valence-corrected chi connectivity index (χ1v) is 5.93. The molecule has 0 aliphatic heterocycles. The molecule has 1 N–H and O–H groups in total. The van der Waals surface area contributed by atoms with Crippen molar-refractivity contribution in [2.24, 2.45) is 7.05 Å². The molecule has 0 spiro atoms. The van der Waals surface area contributed by atoms with E-state index in [4.69, 9.17) is 0 Å². The van der Waals surface area contributed by atoms with Crippen molar-refractivity contribution in [3.05, 3.63) is 35.9 Å². The number of carbonyl (C=O) groups excluding carboxylic acids is 1. The minimum absolute atomic E-state index is 0.0911. The molecule has 6 nitrogen and oxygen atoms in total. The van der Waals surface area contributed by atoms with Crippen molar-refractivity contribution in [2.45, 2.75) is 19.9 Å². The molecular weight excluding hydrogens is 230 g/mol. The molecule has 0 bridgehead atoms. The number of amides is 1. The maximum atomic E-state index is 11.7. The predicted molar refractivity (Wildman–Crippen MR) is 67.1 cm³/mol. The van der Waals surface area contributed by atoms with Crippen LogP contribution in [0.2, 0.25) is 0 Å². The van der Waals surface area contributed by atoms with Gasteiger partial charge in [-0.15, -0.1) is 0 Å². The lowest BCUT2D eigenvalue weighted by molar-refractivity contribution is 0.0943. The van der Waals surface area contributed by atoms with Crippen LogP contribution in [0, 0.1) is 6.92 Å². The Bertz CT molecular complexity index is 528. The second kappa shape index (κ2) is 5.48. The lowest BCUT2D eigenvalue weighted by Gasteiger charge is -2.05. The summed E-state index contributed by atoms with van der Waals surface area (Å²) >= 11 is 0. The zero-order valence-corrected chi connectivity index (χ0v) is 10.6. The highest BCUT2D eigenvalue weighted by Crippen LogP contribution is 1.97. The molecule has 2 aromatic heterocycles. The van der Waals surface area contributed by atoms with Crippen LogP contribution < -0.4 is 5.32 Å². The van der Waals surface area contributed by atoms with E-state index in [1.54, 1.807) is 24.0 Å². The summed E-state index contributed by atoms with van der Waals surface area (Å²) in [6.07, 6.45) is 4.41. The van der Waals surface area contributed by atoms with Crippen LogP contribution in [0.15, 0.2) is 24.5 Å². The first kappa shape index (κ1) is 12.3. The molecule has 0 unspecified atom stereocenters. The van der Waals surface area contributed by atoms with Crippen molar-refractivity contribution in [3.8, 4) is 0 Å². The Balaban J connectivity index is 1.73. The third kappa shape index (κ3) is 2.97. The van der Waals surface area contributed by atoms with Crippen molar-refractivity contribution in [3.63, 3.8) is 0 Å². The van der Waals surface area contributed by atoms with Crippen molar-refractivity contribution < 1.29 is 4.79 Å². The van der Waals surface area contributed by atoms with Crippen LogP contribution in [-0.4, -0.2) is 32.0 Å². The molecule has 18 heavy (non-hydrogen) atoms. The second-order valence-corrected chi connectivity index (χ2v) is 4.17. The number of hydrogen-bond acceptors (Lipinski definition) is 3. The van der Waals surface area contributed by atoms with E-state index >= 15 is 0 Å². The number of nitrogens with zero attached hydrogens (tertiary/aromatic N) is 4. The van der Waals surface area contributed by atoms with Gasteiger partial charge in [-0.05, 0) is 25.5 Å². The van der Waals surface area contributed by atoms with Crippen LogP contribution in [0.4, 0.5) is 0 Å². The van der Waals surface area contributed by atoms with Crippen LogP contribution >= 0.6 is 0 Å². The molecule has 2 heterocycles. The fourth-order valence-electron chi connectivity index (χ4n) is 1.72. The van der Waals surface area contributed by atoms with E-state index in [1.807, 2.05) is 23.9 Å². The van der Waals surface area contributed by atoms with Gasteiger partial charge in [0.15, 0.2) is 0 Å². The van der Waals surface area contributed by atoms with Crippen molar-refractivity contribution in [2.75, 3.05) is 6.54 Å². The molecule has 2 aromatic rings. The number of carbonyl (C=O) groups is 1. The SMILES string of the molecule is Cc1ccn(CCCNC(=O)c2ccnn2C)n1. The van der Waals surface area contributed by atoms with Crippen LogP contribution in [-0.2, 0) is 13.6 Å². The van der Waals surface area contributed by atoms with E-state index in [0.717, 1.165) is 18.7 Å². The van der Waals surface area contributed by atoms with Gasteiger partial charge in [-0.1, -0.05) is 0 Å². The molecular formula is C12H17N5O. The zero-order valence-electron chi connectivity index (χ0n) is 10.6. The van der Waals surface area contributed by atoms with Gasteiger partial charge in [0.1, 0.15) is 5.69 Å². The summed E-state index contributed by atoms with van der Waals surface area (Å²) in [7, 11) is 1.75. The van der Waals surface area contributed by atoms with E-state index in [0.29, 0.717) is 12.2 Å². The van der Waals surface area contributed by atoms with Gasteiger partial charge < -0.3 is 5.32 Å². The Morgan fingerprint density at radius 2 is 2.28 bits per heavy atom. The van der Waals surface area contributed by atoms with Gasteiger partial charge in [-0.2, -0.15) is 10.2 Å². The van der Waals surface area contributed by atoms with Gasteiger partial charge in [0.05, 0.1) is 5.69 Å². The Labute approximate surface area is 106 Å². The minimum Gasteiger partial charge on any atom is -0.351 e. The van der Waals surface area contributed by atoms with Crippen molar-refractivity contribution >= 4 is 5.91 Å². The lowest BCUT2D eigenvalue weighted by Crippen LogP contribution is -2.27. The summed E-state index contributed by atoms with van der Waals surface area (Å²) in [6.45, 7) is 3.39. The summed E-state index contributed by atoms with van der Waals surface area (Å²) in [5, 5.41) is 11.1. The topological polar surface area (TPSA) is 64.7 Å². The van der Waals surface area contributed by atoms with Gasteiger partial charge in [0.2, 0.25) is 0 Å². The number of aromatic nitrogens is 4. The molecule has 0 saturated heterocycles. The number of aryl methyl sites for hydroxylation is 3. The average Bonchev–Trinajstić information content (AvgIpc) is 2.93. The van der Waals surface area contributed by atoms with Gasteiger partial charge in [0.25, 0.3) is 5.91 Å². The molecule has 0 atom stereocenters. The first-order valence-electron chi connectivity index (χ1n) is 5.93. The van der Waals surface area contributed by atoms with Crippen LogP contribution in [0.5, 0.6) is 0 Å². The van der Waals surface area contributed by atoms with E-state index in [9.17, 15) is 4.79 Å². The lowest BCUT2D eigenvalue weighted by atomic mass is 10.3. The van der Waals surface area contributed by atoms with Gasteiger partial charge in [-0.3, -0.25) is 14.2 Å². The molecule has 0 fully saturated rings. The molecule has 2 rings (SSSR count). The normalized spacial score (nSPS) is 10.6. The summed E-state index contributed by atoms with van der Waals surface area (Å²) in [5.41, 5.74) is 1.58. The highest BCUT2D eigenvalue weighted by molar-refractivity contribution is 5.92. The smallest absolute Gasteiger partial charge is 0.269 e. The summed E-state index contributed by atoms with van der Waals surface area (Å²) in [6, 6.07) is 3.67. The Morgan fingerprint density at radius 1 is 1.44 bits per heavy atom. The summed E-state index contributed by atoms with van der Waals surface area (Å²) < 4.78 is 3.44. The van der Waals surface area contributed by atoms with Crippen LogP contribution in [0.3, 0.4) is 0 Å². The quantitative estimate of drug-likeness (QED) is 0.793. The Kier molecular flexibility index (Phi) is 3.76. The molecule has 0 aromatic carbocycles. The fourth-order valence-corrected chi connectivity index (χ4v) is 1.72. The number of hydrogen-bond donors (Lipinski definition) is 1. The third-order valence-corrected chi connectivity index (χ3v) is 2.68. The third-order valence-electron chi connectivity index (χ3n) is 2.68. The molecule has 96 valence electrons. The second-order valence-electron chi connectivity index (χ2n) is 4.17. The molecule has 0 aliphatic carbocycles. The standard InChI is InChI=1S/C12H17N5O/c1-10-5-9-17(15-10)8-3-6-13-12(18)11-4-7-14-16(11)2/h4-5,7,9H,3,6,8H2,1-2H3,(H,13,18). The molecule has 0 aliphatic rings. The van der Waals surface area contributed by atoms with E-state index < -0.39 is 0 Å². The van der Waals surface area contributed by atoms with Crippen molar-refractivity contribution in [1.82, 2.24) is 24.9 Å². The Hall–Kier alpha value is -2.11. The fraction of sp³-hybridized carbons (Fsp3) is 0.417. The average molecular weight is 247 g/mol. The van der Waals surface area contributed by atoms with E-state index in [2.05, 4.69) is 15.5 Å². The molecule has 1 amide bonds. The highest BCUT2D eigenvalue weighted by atomic mass is 16.2. The van der Waals surface area contributed by atoms with E-state index in [1.165, 1.54) is 0 Å². The minimum atomic E-state index is -0.0911. The van der Waals surface area contributed by atoms with Gasteiger partial charge in [-0.25, -0.2) is 0 Å². The highest BCUT2D eigenvalue weighted by Gasteiger charge is 2.08.